The number of anilines is 2. The number of hydrogen-bond acceptors (Lipinski definition) is 5. The fourth-order valence-corrected chi connectivity index (χ4v) is 2.38. The average molecular weight is 249 g/mol. The standard InChI is InChI=1S/C13H23N5/c1-3-15-12-8-13(17-10-16-12)18(2)9-11-4-6-14-7-5-11/h8,10-11,14H,3-7,9H2,1-2H3,(H,15,16,17). The molecule has 5 heteroatoms. The van der Waals surface area contributed by atoms with Crippen molar-refractivity contribution in [2.75, 3.05) is 43.4 Å². The third-order valence-corrected chi connectivity index (χ3v) is 3.39. The second kappa shape index (κ2) is 6.54. The summed E-state index contributed by atoms with van der Waals surface area (Å²) in [5.74, 6) is 2.67. The quantitative estimate of drug-likeness (QED) is 0.825. The fraction of sp³-hybridized carbons (Fsp3) is 0.692. The van der Waals surface area contributed by atoms with Crippen molar-refractivity contribution in [2.24, 2.45) is 5.92 Å². The highest BCUT2D eigenvalue weighted by Gasteiger charge is 2.16. The van der Waals surface area contributed by atoms with Crippen LogP contribution >= 0.6 is 0 Å². The van der Waals surface area contributed by atoms with E-state index in [1.54, 1.807) is 6.33 Å². The highest BCUT2D eigenvalue weighted by Crippen LogP contribution is 2.18. The van der Waals surface area contributed by atoms with E-state index in [0.717, 1.165) is 43.7 Å². The average Bonchev–Trinajstić information content (AvgIpc) is 2.40. The largest absolute Gasteiger partial charge is 0.370 e. The summed E-state index contributed by atoms with van der Waals surface area (Å²) < 4.78 is 0. The molecule has 0 bridgehead atoms. The predicted octanol–water partition coefficient (Wildman–Crippen LogP) is 1.34. The van der Waals surface area contributed by atoms with Gasteiger partial charge in [0.25, 0.3) is 0 Å². The lowest BCUT2D eigenvalue weighted by Crippen LogP contribution is -2.34. The Hall–Kier alpha value is -1.36. The molecule has 0 amide bonds. The van der Waals surface area contributed by atoms with Gasteiger partial charge >= 0.3 is 0 Å². The van der Waals surface area contributed by atoms with E-state index >= 15 is 0 Å². The van der Waals surface area contributed by atoms with Crippen molar-refractivity contribution >= 4 is 11.6 Å². The molecule has 1 aliphatic rings. The van der Waals surface area contributed by atoms with Crippen molar-refractivity contribution in [1.29, 1.82) is 0 Å². The van der Waals surface area contributed by atoms with Gasteiger partial charge in [0.05, 0.1) is 0 Å². The van der Waals surface area contributed by atoms with Gasteiger partial charge in [-0.1, -0.05) is 0 Å². The number of rotatable bonds is 5. The van der Waals surface area contributed by atoms with E-state index in [0.29, 0.717) is 0 Å². The summed E-state index contributed by atoms with van der Waals surface area (Å²) in [4.78, 5) is 10.8. The van der Waals surface area contributed by atoms with Crippen molar-refractivity contribution < 1.29 is 0 Å². The van der Waals surface area contributed by atoms with Gasteiger partial charge in [0.15, 0.2) is 0 Å². The minimum atomic E-state index is 0.772. The highest BCUT2D eigenvalue weighted by molar-refractivity contribution is 5.47. The summed E-state index contributed by atoms with van der Waals surface area (Å²) in [6, 6.07) is 2.02. The van der Waals surface area contributed by atoms with E-state index < -0.39 is 0 Å². The first-order chi connectivity index (χ1) is 8.79. The van der Waals surface area contributed by atoms with Crippen molar-refractivity contribution in [3.8, 4) is 0 Å². The Morgan fingerprint density at radius 3 is 2.89 bits per heavy atom. The summed E-state index contributed by atoms with van der Waals surface area (Å²) in [6.07, 6.45) is 4.15. The van der Waals surface area contributed by atoms with E-state index in [-0.39, 0.29) is 0 Å². The molecular formula is C13H23N5. The van der Waals surface area contributed by atoms with E-state index in [1.807, 2.05) is 6.07 Å². The van der Waals surface area contributed by atoms with Gasteiger partial charge in [0.1, 0.15) is 18.0 Å². The van der Waals surface area contributed by atoms with Crippen LogP contribution in [0.4, 0.5) is 11.6 Å². The maximum absolute atomic E-state index is 4.35. The number of aromatic nitrogens is 2. The second-order valence-electron chi connectivity index (χ2n) is 4.87. The summed E-state index contributed by atoms with van der Waals surface area (Å²) in [5.41, 5.74) is 0. The monoisotopic (exact) mass is 249 g/mol. The van der Waals surface area contributed by atoms with E-state index in [1.165, 1.54) is 12.8 Å². The van der Waals surface area contributed by atoms with Gasteiger partial charge in [-0.15, -0.1) is 0 Å². The van der Waals surface area contributed by atoms with Crippen LogP contribution in [-0.4, -0.2) is 43.2 Å². The summed E-state index contributed by atoms with van der Waals surface area (Å²) in [5, 5.41) is 6.62. The summed E-state index contributed by atoms with van der Waals surface area (Å²) >= 11 is 0. The van der Waals surface area contributed by atoms with Gasteiger partial charge in [-0.2, -0.15) is 0 Å². The zero-order valence-corrected chi connectivity index (χ0v) is 11.3. The Morgan fingerprint density at radius 1 is 1.39 bits per heavy atom. The number of nitrogens with zero attached hydrogens (tertiary/aromatic N) is 3. The van der Waals surface area contributed by atoms with Crippen molar-refractivity contribution in [3.63, 3.8) is 0 Å². The Bertz CT molecular complexity index is 362. The van der Waals surface area contributed by atoms with Crippen LogP contribution in [0.1, 0.15) is 19.8 Å². The number of hydrogen-bond donors (Lipinski definition) is 2. The van der Waals surface area contributed by atoms with Crippen LogP contribution in [0.3, 0.4) is 0 Å². The number of nitrogens with one attached hydrogen (secondary N) is 2. The topological polar surface area (TPSA) is 53.1 Å². The Morgan fingerprint density at radius 2 is 2.17 bits per heavy atom. The lowest BCUT2D eigenvalue weighted by atomic mass is 9.98. The highest BCUT2D eigenvalue weighted by atomic mass is 15.2. The second-order valence-corrected chi connectivity index (χ2v) is 4.87. The van der Waals surface area contributed by atoms with E-state index in [4.69, 9.17) is 0 Å². The molecule has 0 aromatic carbocycles. The SMILES string of the molecule is CCNc1cc(N(C)CC2CCNCC2)ncn1. The van der Waals surface area contributed by atoms with Gasteiger partial charge in [0.2, 0.25) is 0 Å². The van der Waals surface area contributed by atoms with Crippen LogP contribution in [0.2, 0.25) is 0 Å². The minimum absolute atomic E-state index is 0.772. The normalized spacial score (nSPS) is 16.6. The molecule has 2 heterocycles. The molecule has 18 heavy (non-hydrogen) atoms. The van der Waals surface area contributed by atoms with Crippen LogP contribution in [0.25, 0.3) is 0 Å². The molecule has 1 aromatic rings. The maximum atomic E-state index is 4.35. The molecule has 2 N–H and O–H groups in total. The lowest BCUT2D eigenvalue weighted by Gasteiger charge is -2.28. The molecule has 1 aliphatic heterocycles. The molecular weight excluding hydrogens is 226 g/mol. The first-order valence-electron chi connectivity index (χ1n) is 6.77. The third-order valence-electron chi connectivity index (χ3n) is 3.39. The van der Waals surface area contributed by atoms with Crippen LogP contribution < -0.4 is 15.5 Å². The Balaban J connectivity index is 1.94. The molecule has 100 valence electrons. The van der Waals surface area contributed by atoms with Crippen molar-refractivity contribution in [1.82, 2.24) is 15.3 Å². The number of piperidine rings is 1. The van der Waals surface area contributed by atoms with Crippen LogP contribution in [0.15, 0.2) is 12.4 Å². The molecule has 0 atom stereocenters. The van der Waals surface area contributed by atoms with Gasteiger partial charge in [-0.3, -0.25) is 0 Å². The minimum Gasteiger partial charge on any atom is -0.370 e. The molecule has 0 unspecified atom stereocenters. The molecule has 0 radical (unpaired) electrons. The van der Waals surface area contributed by atoms with Gasteiger partial charge in [-0.05, 0) is 38.8 Å². The van der Waals surface area contributed by atoms with Gasteiger partial charge in [-0.25, -0.2) is 9.97 Å². The Labute approximate surface area is 109 Å². The van der Waals surface area contributed by atoms with E-state index in [9.17, 15) is 0 Å². The summed E-state index contributed by atoms with van der Waals surface area (Å²) in [6.45, 7) is 6.31. The van der Waals surface area contributed by atoms with Gasteiger partial charge < -0.3 is 15.5 Å². The van der Waals surface area contributed by atoms with Crippen LogP contribution in [0.5, 0.6) is 0 Å². The van der Waals surface area contributed by atoms with Crippen LogP contribution in [-0.2, 0) is 0 Å². The van der Waals surface area contributed by atoms with Crippen LogP contribution in [0, 0.1) is 5.92 Å². The molecule has 1 saturated heterocycles. The molecule has 5 nitrogen and oxygen atoms in total. The van der Waals surface area contributed by atoms with Crippen molar-refractivity contribution in [2.45, 2.75) is 19.8 Å². The molecule has 2 rings (SSSR count). The molecule has 1 aromatic heterocycles. The lowest BCUT2D eigenvalue weighted by molar-refractivity contribution is 0.377. The molecule has 0 aliphatic carbocycles. The smallest absolute Gasteiger partial charge is 0.133 e. The van der Waals surface area contributed by atoms with E-state index in [2.05, 4.69) is 39.5 Å². The molecule has 0 spiro atoms. The summed E-state index contributed by atoms with van der Waals surface area (Å²) in [7, 11) is 2.11. The molecule has 0 saturated carbocycles. The molecule has 1 fully saturated rings. The zero-order chi connectivity index (χ0) is 12.8. The predicted molar refractivity (Wildman–Crippen MR) is 75.1 cm³/mol. The van der Waals surface area contributed by atoms with Gasteiger partial charge in [0, 0.05) is 26.2 Å². The van der Waals surface area contributed by atoms with Crippen molar-refractivity contribution in [3.05, 3.63) is 12.4 Å². The maximum Gasteiger partial charge on any atom is 0.133 e. The Kier molecular flexibility index (Phi) is 4.75. The fourth-order valence-electron chi connectivity index (χ4n) is 2.38. The first-order valence-corrected chi connectivity index (χ1v) is 6.77. The third kappa shape index (κ3) is 3.57. The first kappa shape index (κ1) is 13.1. The zero-order valence-electron chi connectivity index (χ0n) is 11.3.